The molecule has 0 aliphatic heterocycles. The summed E-state index contributed by atoms with van der Waals surface area (Å²) in [6.45, 7) is 5.29. The number of sulfonamides is 1. The molecule has 0 unspecified atom stereocenters. The fourth-order valence-electron chi connectivity index (χ4n) is 1.91. The molecule has 2 rings (SSSR count). The van der Waals surface area contributed by atoms with Gasteiger partial charge in [0.1, 0.15) is 5.82 Å². The van der Waals surface area contributed by atoms with Crippen molar-refractivity contribution in [3.63, 3.8) is 0 Å². The first-order valence-electron chi connectivity index (χ1n) is 6.12. The molecule has 20 heavy (non-hydrogen) atoms. The van der Waals surface area contributed by atoms with Gasteiger partial charge in [-0.2, -0.15) is 0 Å². The molecule has 2 aromatic rings. The van der Waals surface area contributed by atoms with Gasteiger partial charge < -0.3 is 5.73 Å². The number of hydrogen-bond donors (Lipinski definition) is 2. The van der Waals surface area contributed by atoms with Crippen LogP contribution in [0.4, 0.5) is 11.5 Å². The minimum Gasteiger partial charge on any atom is -0.398 e. The lowest BCUT2D eigenvalue weighted by molar-refractivity contribution is 0.600. The maximum atomic E-state index is 12.5. The zero-order chi connectivity index (χ0) is 14.9. The van der Waals surface area contributed by atoms with Gasteiger partial charge in [0.2, 0.25) is 0 Å². The number of aryl methyl sites for hydroxylation is 2. The molecule has 0 atom stereocenters. The summed E-state index contributed by atoms with van der Waals surface area (Å²) in [7, 11) is -3.70. The molecule has 0 fully saturated rings. The second kappa shape index (κ2) is 5.13. The lowest BCUT2D eigenvalue weighted by Gasteiger charge is -2.13. The van der Waals surface area contributed by atoms with Crippen LogP contribution in [-0.4, -0.2) is 13.4 Å². The summed E-state index contributed by atoms with van der Waals surface area (Å²) in [5, 5.41) is 0. The molecule has 0 saturated heterocycles. The van der Waals surface area contributed by atoms with E-state index < -0.39 is 10.0 Å². The number of nitrogen functional groups attached to an aromatic ring is 1. The summed E-state index contributed by atoms with van der Waals surface area (Å²) >= 11 is 0. The van der Waals surface area contributed by atoms with Crippen molar-refractivity contribution in [1.82, 2.24) is 4.98 Å². The number of rotatable bonds is 3. The number of nitrogens with zero attached hydrogens (tertiary/aromatic N) is 1. The van der Waals surface area contributed by atoms with E-state index in [1.807, 2.05) is 0 Å². The van der Waals surface area contributed by atoms with Crippen LogP contribution in [0.2, 0.25) is 0 Å². The Morgan fingerprint density at radius 1 is 1.20 bits per heavy atom. The van der Waals surface area contributed by atoms with Gasteiger partial charge in [0, 0.05) is 11.9 Å². The minimum absolute atomic E-state index is 0.181. The molecule has 6 heteroatoms. The second-order valence-electron chi connectivity index (χ2n) is 4.75. The standard InChI is InChI=1S/C14H17N3O2S/c1-9-7-12(15)11(3)13(8-9)20(18,19)17-14-10(2)5-4-6-16-14/h4-8H,15H2,1-3H3,(H,16,17). The quantitative estimate of drug-likeness (QED) is 0.850. The van der Waals surface area contributed by atoms with Gasteiger partial charge >= 0.3 is 0 Å². The summed E-state index contributed by atoms with van der Waals surface area (Å²) in [5.41, 5.74) is 8.39. The lowest BCUT2D eigenvalue weighted by Crippen LogP contribution is -2.16. The normalized spacial score (nSPS) is 11.3. The van der Waals surface area contributed by atoms with Crippen LogP contribution in [0.15, 0.2) is 35.4 Å². The van der Waals surface area contributed by atoms with Gasteiger partial charge in [-0.3, -0.25) is 4.72 Å². The molecule has 5 nitrogen and oxygen atoms in total. The molecule has 1 aromatic heterocycles. The molecular formula is C14H17N3O2S. The summed E-state index contributed by atoms with van der Waals surface area (Å²) in [5.74, 6) is 0.326. The number of benzene rings is 1. The number of aromatic nitrogens is 1. The molecule has 0 spiro atoms. The fourth-order valence-corrected chi connectivity index (χ4v) is 3.35. The van der Waals surface area contributed by atoms with E-state index in [1.165, 1.54) is 0 Å². The van der Waals surface area contributed by atoms with Crippen molar-refractivity contribution in [2.45, 2.75) is 25.7 Å². The van der Waals surface area contributed by atoms with Gasteiger partial charge in [-0.1, -0.05) is 6.07 Å². The number of nitrogens with two attached hydrogens (primary N) is 1. The minimum atomic E-state index is -3.70. The smallest absolute Gasteiger partial charge is 0.263 e. The van der Waals surface area contributed by atoms with Gasteiger partial charge in [0.15, 0.2) is 0 Å². The van der Waals surface area contributed by atoms with Crippen LogP contribution >= 0.6 is 0 Å². The molecule has 0 aliphatic rings. The lowest BCUT2D eigenvalue weighted by atomic mass is 10.1. The average molecular weight is 291 g/mol. The zero-order valence-electron chi connectivity index (χ0n) is 11.6. The van der Waals surface area contributed by atoms with Crippen LogP contribution in [0.25, 0.3) is 0 Å². The Hall–Kier alpha value is -2.08. The highest BCUT2D eigenvalue weighted by atomic mass is 32.2. The van der Waals surface area contributed by atoms with E-state index >= 15 is 0 Å². The van der Waals surface area contributed by atoms with E-state index in [-0.39, 0.29) is 4.90 Å². The van der Waals surface area contributed by atoms with Crippen molar-refractivity contribution in [3.8, 4) is 0 Å². The Balaban J connectivity index is 2.49. The van der Waals surface area contributed by atoms with Gasteiger partial charge in [-0.15, -0.1) is 0 Å². The van der Waals surface area contributed by atoms with E-state index in [4.69, 9.17) is 5.73 Å². The van der Waals surface area contributed by atoms with Gasteiger partial charge in [0.25, 0.3) is 10.0 Å². The molecule has 0 radical (unpaired) electrons. The predicted molar refractivity (Wildman–Crippen MR) is 80.1 cm³/mol. The monoisotopic (exact) mass is 291 g/mol. The van der Waals surface area contributed by atoms with Crippen LogP contribution in [0.3, 0.4) is 0 Å². The Bertz CT molecular complexity index is 755. The summed E-state index contributed by atoms with van der Waals surface area (Å²) in [4.78, 5) is 4.22. The van der Waals surface area contributed by atoms with E-state index in [0.717, 1.165) is 11.1 Å². The average Bonchev–Trinajstić information content (AvgIpc) is 2.36. The maximum absolute atomic E-state index is 12.5. The molecule has 106 valence electrons. The molecule has 1 aromatic carbocycles. The van der Waals surface area contributed by atoms with Crippen molar-refractivity contribution in [2.75, 3.05) is 10.5 Å². The predicted octanol–water partition coefficient (Wildman–Crippen LogP) is 2.39. The van der Waals surface area contributed by atoms with Crippen molar-refractivity contribution < 1.29 is 8.42 Å². The molecule has 0 saturated carbocycles. The summed E-state index contributed by atoms with van der Waals surface area (Å²) < 4.78 is 27.4. The molecule has 0 amide bonds. The van der Waals surface area contributed by atoms with Crippen LogP contribution in [-0.2, 0) is 10.0 Å². The highest BCUT2D eigenvalue weighted by Gasteiger charge is 2.20. The van der Waals surface area contributed by atoms with Crippen molar-refractivity contribution >= 4 is 21.5 Å². The number of nitrogens with one attached hydrogen (secondary N) is 1. The Labute approximate surface area is 118 Å². The molecule has 1 heterocycles. The summed E-state index contributed by atoms with van der Waals surface area (Å²) in [6.07, 6.45) is 1.54. The molecule has 3 N–H and O–H groups in total. The first-order chi connectivity index (χ1) is 9.31. The van der Waals surface area contributed by atoms with Crippen LogP contribution in [0, 0.1) is 20.8 Å². The van der Waals surface area contributed by atoms with Crippen LogP contribution < -0.4 is 10.5 Å². The fraction of sp³-hybridized carbons (Fsp3) is 0.214. The largest absolute Gasteiger partial charge is 0.398 e. The zero-order valence-corrected chi connectivity index (χ0v) is 12.5. The van der Waals surface area contributed by atoms with Crippen molar-refractivity contribution in [2.24, 2.45) is 0 Å². The molecular weight excluding hydrogens is 274 g/mol. The van der Waals surface area contributed by atoms with E-state index in [1.54, 1.807) is 51.2 Å². The highest BCUT2D eigenvalue weighted by molar-refractivity contribution is 7.92. The van der Waals surface area contributed by atoms with Gasteiger partial charge in [0.05, 0.1) is 4.90 Å². The van der Waals surface area contributed by atoms with Gasteiger partial charge in [-0.05, 0) is 55.7 Å². The summed E-state index contributed by atoms with van der Waals surface area (Å²) in [6, 6.07) is 6.90. The van der Waals surface area contributed by atoms with Crippen molar-refractivity contribution in [3.05, 3.63) is 47.2 Å². The Kier molecular flexibility index (Phi) is 3.67. The highest BCUT2D eigenvalue weighted by Crippen LogP contribution is 2.25. The van der Waals surface area contributed by atoms with E-state index in [2.05, 4.69) is 9.71 Å². The molecule has 0 aliphatic carbocycles. The number of anilines is 2. The SMILES string of the molecule is Cc1cc(N)c(C)c(S(=O)(=O)Nc2ncccc2C)c1. The first kappa shape index (κ1) is 14.3. The third-order valence-corrected chi connectivity index (χ3v) is 4.54. The van der Waals surface area contributed by atoms with Crippen LogP contribution in [0.1, 0.15) is 16.7 Å². The third kappa shape index (κ3) is 2.75. The van der Waals surface area contributed by atoms with E-state index in [0.29, 0.717) is 17.1 Å². The topological polar surface area (TPSA) is 85.1 Å². The van der Waals surface area contributed by atoms with E-state index in [9.17, 15) is 8.42 Å². The maximum Gasteiger partial charge on any atom is 0.263 e. The van der Waals surface area contributed by atoms with Crippen LogP contribution in [0.5, 0.6) is 0 Å². The Morgan fingerprint density at radius 2 is 1.90 bits per heavy atom. The van der Waals surface area contributed by atoms with Crippen molar-refractivity contribution in [1.29, 1.82) is 0 Å². The molecule has 0 bridgehead atoms. The number of pyridine rings is 1. The number of hydrogen-bond acceptors (Lipinski definition) is 4. The Morgan fingerprint density at radius 3 is 2.55 bits per heavy atom. The second-order valence-corrected chi connectivity index (χ2v) is 6.40. The first-order valence-corrected chi connectivity index (χ1v) is 7.61. The van der Waals surface area contributed by atoms with Gasteiger partial charge in [-0.25, -0.2) is 13.4 Å². The third-order valence-electron chi connectivity index (χ3n) is 3.07.